The third-order valence-corrected chi connectivity index (χ3v) is 3.63. The van der Waals surface area contributed by atoms with Crippen molar-refractivity contribution in [3.63, 3.8) is 0 Å². The first kappa shape index (κ1) is 14.6. The maximum Gasteiger partial charge on any atom is 0.195 e. The highest BCUT2D eigenvalue weighted by Gasteiger charge is 2.16. The van der Waals surface area contributed by atoms with Gasteiger partial charge in [-0.05, 0) is 52.9 Å². The summed E-state index contributed by atoms with van der Waals surface area (Å²) in [6.45, 7) is 0. The first-order valence-electron chi connectivity index (χ1n) is 5.88. The molecule has 0 amide bonds. The Kier molecular flexibility index (Phi) is 4.49. The zero-order valence-electron chi connectivity index (χ0n) is 11.1. The quantitative estimate of drug-likeness (QED) is 0.501. The molecular formula is C15H14INO3. The van der Waals surface area contributed by atoms with Crippen molar-refractivity contribution in [1.82, 2.24) is 0 Å². The Hall–Kier alpha value is -1.76. The number of carbonyl (C=O) groups excluding carboxylic acids is 1. The molecular weight excluding hydrogens is 369 g/mol. The van der Waals surface area contributed by atoms with E-state index in [9.17, 15) is 4.79 Å². The van der Waals surface area contributed by atoms with Gasteiger partial charge in [0.05, 0.1) is 14.2 Å². The molecule has 0 atom stereocenters. The molecule has 0 aliphatic carbocycles. The maximum atomic E-state index is 12.5. The fourth-order valence-electron chi connectivity index (χ4n) is 1.85. The summed E-state index contributed by atoms with van der Waals surface area (Å²) in [7, 11) is 3.05. The topological polar surface area (TPSA) is 61.5 Å². The number of methoxy groups -OCH3 is 2. The third kappa shape index (κ3) is 2.87. The maximum absolute atomic E-state index is 12.5. The molecule has 0 saturated heterocycles. The number of ketones is 1. The van der Waals surface area contributed by atoms with Gasteiger partial charge in [-0.2, -0.15) is 0 Å². The molecule has 2 rings (SSSR count). The number of hydrogen-bond donors (Lipinski definition) is 1. The molecule has 0 unspecified atom stereocenters. The summed E-state index contributed by atoms with van der Waals surface area (Å²) in [4.78, 5) is 12.5. The van der Waals surface area contributed by atoms with Crippen LogP contribution >= 0.6 is 22.6 Å². The molecule has 0 radical (unpaired) electrons. The first-order valence-corrected chi connectivity index (χ1v) is 6.96. The summed E-state index contributed by atoms with van der Waals surface area (Å²) >= 11 is 2.19. The van der Waals surface area contributed by atoms with Crippen LogP contribution in [0.1, 0.15) is 15.9 Å². The van der Waals surface area contributed by atoms with E-state index in [0.29, 0.717) is 28.3 Å². The molecule has 0 saturated carbocycles. The van der Waals surface area contributed by atoms with Crippen molar-refractivity contribution in [2.45, 2.75) is 0 Å². The molecule has 20 heavy (non-hydrogen) atoms. The summed E-state index contributed by atoms with van der Waals surface area (Å²) in [5.41, 5.74) is 7.29. The predicted molar refractivity (Wildman–Crippen MR) is 86.5 cm³/mol. The summed E-state index contributed by atoms with van der Waals surface area (Å²) in [6, 6.07) is 10.5. The number of rotatable bonds is 4. The van der Waals surface area contributed by atoms with Crippen LogP contribution < -0.4 is 15.2 Å². The minimum absolute atomic E-state index is 0.139. The molecule has 5 heteroatoms. The summed E-state index contributed by atoms with van der Waals surface area (Å²) in [5.74, 6) is 0.847. The van der Waals surface area contributed by atoms with Gasteiger partial charge in [0, 0.05) is 26.5 Å². The van der Waals surface area contributed by atoms with Gasteiger partial charge in [0.15, 0.2) is 17.3 Å². The average molecular weight is 383 g/mol. The zero-order valence-corrected chi connectivity index (χ0v) is 13.3. The SMILES string of the molecule is COc1cc(N)c(C(=O)c2ccc(I)cc2)cc1OC. The lowest BCUT2D eigenvalue weighted by atomic mass is 10.0. The van der Waals surface area contributed by atoms with Crippen LogP contribution in [0.5, 0.6) is 11.5 Å². The van der Waals surface area contributed by atoms with E-state index in [1.54, 1.807) is 24.3 Å². The van der Waals surface area contributed by atoms with Crippen molar-refractivity contribution in [3.05, 3.63) is 51.1 Å². The Morgan fingerprint density at radius 1 is 1.05 bits per heavy atom. The summed E-state index contributed by atoms with van der Waals surface area (Å²) < 4.78 is 11.4. The molecule has 0 spiro atoms. The summed E-state index contributed by atoms with van der Waals surface area (Å²) in [6.07, 6.45) is 0. The van der Waals surface area contributed by atoms with Gasteiger partial charge < -0.3 is 15.2 Å². The van der Waals surface area contributed by atoms with Crippen LogP contribution in [0, 0.1) is 3.57 Å². The van der Waals surface area contributed by atoms with Gasteiger partial charge in [-0.3, -0.25) is 4.79 Å². The number of carbonyl (C=O) groups is 1. The van der Waals surface area contributed by atoms with Crippen LogP contribution in [0.15, 0.2) is 36.4 Å². The lowest BCUT2D eigenvalue weighted by Crippen LogP contribution is -2.06. The second-order valence-corrected chi connectivity index (χ2v) is 5.38. The van der Waals surface area contributed by atoms with E-state index in [4.69, 9.17) is 15.2 Å². The molecule has 104 valence electrons. The van der Waals surface area contributed by atoms with Crippen molar-refractivity contribution in [3.8, 4) is 11.5 Å². The highest BCUT2D eigenvalue weighted by Crippen LogP contribution is 2.32. The number of halogens is 1. The van der Waals surface area contributed by atoms with Gasteiger partial charge in [0.1, 0.15) is 0 Å². The monoisotopic (exact) mass is 383 g/mol. The Bertz CT molecular complexity index is 638. The molecule has 0 aliphatic rings. The van der Waals surface area contributed by atoms with E-state index in [1.165, 1.54) is 14.2 Å². The first-order chi connectivity index (χ1) is 9.56. The van der Waals surface area contributed by atoms with Gasteiger partial charge in [-0.15, -0.1) is 0 Å². The van der Waals surface area contributed by atoms with Crippen molar-refractivity contribution >= 4 is 34.1 Å². The normalized spacial score (nSPS) is 10.2. The second kappa shape index (κ2) is 6.13. The fraction of sp³-hybridized carbons (Fsp3) is 0.133. The number of hydrogen-bond acceptors (Lipinski definition) is 4. The Morgan fingerprint density at radius 2 is 1.60 bits per heavy atom. The van der Waals surface area contributed by atoms with E-state index in [0.717, 1.165) is 3.57 Å². The van der Waals surface area contributed by atoms with E-state index in [2.05, 4.69) is 22.6 Å². The largest absolute Gasteiger partial charge is 0.493 e. The number of ether oxygens (including phenoxy) is 2. The predicted octanol–water partition coefficient (Wildman–Crippen LogP) is 3.12. The molecule has 0 aromatic heterocycles. The average Bonchev–Trinajstić information content (AvgIpc) is 2.47. The van der Waals surface area contributed by atoms with Gasteiger partial charge >= 0.3 is 0 Å². The smallest absolute Gasteiger partial charge is 0.195 e. The molecule has 2 N–H and O–H groups in total. The van der Waals surface area contributed by atoms with Crippen LogP contribution in [0.2, 0.25) is 0 Å². The van der Waals surface area contributed by atoms with E-state index in [1.807, 2.05) is 12.1 Å². The standard InChI is InChI=1S/C15H14INO3/c1-19-13-7-11(12(17)8-14(13)20-2)15(18)9-3-5-10(16)6-4-9/h3-8H,17H2,1-2H3. The molecule has 0 fully saturated rings. The van der Waals surface area contributed by atoms with Crippen molar-refractivity contribution < 1.29 is 14.3 Å². The lowest BCUT2D eigenvalue weighted by molar-refractivity contribution is 0.103. The molecule has 4 nitrogen and oxygen atoms in total. The molecule has 2 aromatic rings. The lowest BCUT2D eigenvalue weighted by Gasteiger charge is -2.12. The fourth-order valence-corrected chi connectivity index (χ4v) is 2.21. The Labute approximate surface area is 131 Å². The van der Waals surface area contributed by atoms with Crippen LogP contribution in [0.25, 0.3) is 0 Å². The van der Waals surface area contributed by atoms with Crippen molar-refractivity contribution in [2.75, 3.05) is 20.0 Å². The molecule has 0 aliphatic heterocycles. The molecule has 2 aromatic carbocycles. The molecule has 0 bridgehead atoms. The number of nitrogens with two attached hydrogens (primary N) is 1. The van der Waals surface area contributed by atoms with Gasteiger partial charge in [-0.25, -0.2) is 0 Å². The van der Waals surface area contributed by atoms with Crippen LogP contribution in [-0.2, 0) is 0 Å². The number of benzene rings is 2. The third-order valence-electron chi connectivity index (χ3n) is 2.91. The number of anilines is 1. The van der Waals surface area contributed by atoms with Crippen LogP contribution in [0.4, 0.5) is 5.69 Å². The molecule has 0 heterocycles. The minimum Gasteiger partial charge on any atom is -0.493 e. The van der Waals surface area contributed by atoms with Crippen molar-refractivity contribution in [2.24, 2.45) is 0 Å². The van der Waals surface area contributed by atoms with Gasteiger partial charge in [0.25, 0.3) is 0 Å². The van der Waals surface area contributed by atoms with E-state index < -0.39 is 0 Å². The van der Waals surface area contributed by atoms with Crippen LogP contribution in [0.3, 0.4) is 0 Å². The van der Waals surface area contributed by atoms with E-state index >= 15 is 0 Å². The highest BCUT2D eigenvalue weighted by molar-refractivity contribution is 14.1. The zero-order chi connectivity index (χ0) is 14.7. The Morgan fingerprint density at radius 3 is 2.15 bits per heavy atom. The highest BCUT2D eigenvalue weighted by atomic mass is 127. The van der Waals surface area contributed by atoms with Gasteiger partial charge in [0.2, 0.25) is 0 Å². The van der Waals surface area contributed by atoms with Crippen LogP contribution in [-0.4, -0.2) is 20.0 Å². The minimum atomic E-state index is -0.139. The second-order valence-electron chi connectivity index (χ2n) is 4.13. The van der Waals surface area contributed by atoms with Crippen molar-refractivity contribution in [1.29, 1.82) is 0 Å². The van der Waals surface area contributed by atoms with Gasteiger partial charge in [-0.1, -0.05) is 0 Å². The summed E-state index contributed by atoms with van der Waals surface area (Å²) in [5, 5.41) is 0. The number of nitrogen functional groups attached to an aromatic ring is 1. The Balaban J connectivity index is 2.46. The van der Waals surface area contributed by atoms with E-state index in [-0.39, 0.29) is 5.78 Å².